The van der Waals surface area contributed by atoms with Gasteiger partial charge < -0.3 is 9.73 Å². The Morgan fingerprint density at radius 3 is 2.61 bits per heavy atom. The van der Waals surface area contributed by atoms with E-state index in [1.807, 2.05) is 13.8 Å². The Morgan fingerprint density at radius 2 is 1.96 bits per heavy atom. The van der Waals surface area contributed by atoms with Gasteiger partial charge in [-0.2, -0.15) is 0 Å². The lowest BCUT2D eigenvalue weighted by Crippen LogP contribution is -2.29. The maximum Gasteiger partial charge on any atom is 0.255 e. The molecule has 0 spiro atoms. The first kappa shape index (κ1) is 15.9. The fraction of sp³-hybridized carbons (Fsp3) is 0.450. The highest BCUT2D eigenvalue weighted by molar-refractivity contribution is 5.96. The summed E-state index contributed by atoms with van der Waals surface area (Å²) >= 11 is 0. The molecule has 3 heteroatoms. The number of aryl methyl sites for hydroxylation is 4. The predicted molar refractivity (Wildman–Crippen MR) is 91.8 cm³/mol. The number of fused-ring (bicyclic) bond motifs is 1. The molecule has 0 saturated carbocycles. The molecule has 1 heterocycles. The quantitative estimate of drug-likeness (QED) is 0.892. The molecule has 1 N–H and O–H groups in total. The Kier molecular flexibility index (Phi) is 4.56. The Morgan fingerprint density at radius 1 is 1.22 bits per heavy atom. The van der Waals surface area contributed by atoms with Gasteiger partial charge in [0.15, 0.2) is 0 Å². The number of furan rings is 1. The summed E-state index contributed by atoms with van der Waals surface area (Å²) in [6, 6.07) is 6.75. The van der Waals surface area contributed by atoms with Crippen molar-refractivity contribution in [1.29, 1.82) is 0 Å². The van der Waals surface area contributed by atoms with Gasteiger partial charge in [-0.05, 0) is 62.6 Å². The lowest BCUT2D eigenvalue weighted by molar-refractivity contribution is 0.0933. The molecular formula is C20H25NO2. The largest absolute Gasteiger partial charge is 0.469 e. The van der Waals surface area contributed by atoms with Crippen molar-refractivity contribution in [3.8, 4) is 0 Å². The van der Waals surface area contributed by atoms with Crippen LogP contribution >= 0.6 is 0 Å². The van der Waals surface area contributed by atoms with E-state index in [-0.39, 0.29) is 11.9 Å². The third-order valence-electron chi connectivity index (χ3n) is 4.87. The predicted octanol–water partition coefficient (Wildman–Crippen LogP) is 4.66. The topological polar surface area (TPSA) is 42.2 Å². The van der Waals surface area contributed by atoms with Gasteiger partial charge in [-0.25, -0.2) is 0 Å². The van der Waals surface area contributed by atoms with Gasteiger partial charge in [0.05, 0.1) is 17.9 Å². The van der Waals surface area contributed by atoms with Crippen LogP contribution in [0.25, 0.3) is 0 Å². The number of carbonyl (C=O) groups is 1. The maximum atomic E-state index is 12.6. The van der Waals surface area contributed by atoms with Gasteiger partial charge in [-0.1, -0.05) is 25.1 Å². The van der Waals surface area contributed by atoms with Crippen LogP contribution in [0, 0.1) is 13.8 Å². The van der Waals surface area contributed by atoms with Crippen molar-refractivity contribution in [2.45, 2.75) is 58.9 Å². The molecule has 3 nitrogen and oxygen atoms in total. The Labute approximate surface area is 138 Å². The van der Waals surface area contributed by atoms with E-state index in [1.165, 1.54) is 36.0 Å². The molecule has 3 rings (SSSR count). The summed E-state index contributed by atoms with van der Waals surface area (Å²) in [7, 11) is 0. The van der Waals surface area contributed by atoms with E-state index in [1.54, 1.807) is 6.26 Å². The Hall–Kier alpha value is -2.03. The van der Waals surface area contributed by atoms with Crippen molar-refractivity contribution >= 4 is 5.91 Å². The van der Waals surface area contributed by atoms with Crippen LogP contribution in [-0.2, 0) is 12.8 Å². The average Bonchev–Trinajstić information content (AvgIpc) is 2.90. The van der Waals surface area contributed by atoms with E-state index in [2.05, 4.69) is 30.4 Å². The van der Waals surface area contributed by atoms with E-state index in [0.29, 0.717) is 11.3 Å². The van der Waals surface area contributed by atoms with Crippen molar-refractivity contribution < 1.29 is 9.21 Å². The van der Waals surface area contributed by atoms with E-state index in [4.69, 9.17) is 4.42 Å². The molecule has 1 aromatic heterocycles. The molecule has 1 aliphatic rings. The molecule has 2 aromatic rings. The van der Waals surface area contributed by atoms with Crippen LogP contribution in [0.3, 0.4) is 0 Å². The lowest BCUT2D eigenvalue weighted by atomic mass is 9.88. The second kappa shape index (κ2) is 6.61. The smallest absolute Gasteiger partial charge is 0.255 e. The van der Waals surface area contributed by atoms with Crippen LogP contribution in [0.15, 0.2) is 28.9 Å². The van der Waals surface area contributed by atoms with Gasteiger partial charge in [0, 0.05) is 5.56 Å². The van der Waals surface area contributed by atoms with Crippen LogP contribution in [0.2, 0.25) is 0 Å². The molecule has 0 radical (unpaired) electrons. The van der Waals surface area contributed by atoms with Gasteiger partial charge in [-0.3, -0.25) is 4.79 Å². The second-order valence-electron chi connectivity index (χ2n) is 6.52. The molecular weight excluding hydrogens is 286 g/mol. The zero-order valence-corrected chi connectivity index (χ0v) is 14.2. The highest BCUT2D eigenvalue weighted by Gasteiger charge is 2.20. The lowest BCUT2D eigenvalue weighted by Gasteiger charge is -2.22. The summed E-state index contributed by atoms with van der Waals surface area (Å²) in [5.41, 5.74) is 5.70. The third kappa shape index (κ3) is 3.19. The number of rotatable bonds is 4. The number of hydrogen-bond donors (Lipinski definition) is 1. The summed E-state index contributed by atoms with van der Waals surface area (Å²) in [5, 5.41) is 3.17. The SMILES string of the molecule is CCC(NC(=O)c1c(C)coc1C)c1ccc2c(c1)CCCC2. The molecule has 1 amide bonds. The van der Waals surface area contributed by atoms with E-state index in [9.17, 15) is 4.79 Å². The monoisotopic (exact) mass is 311 g/mol. The summed E-state index contributed by atoms with van der Waals surface area (Å²) in [6.07, 6.45) is 7.43. The molecule has 122 valence electrons. The maximum absolute atomic E-state index is 12.6. The van der Waals surface area contributed by atoms with E-state index < -0.39 is 0 Å². The summed E-state index contributed by atoms with van der Waals surface area (Å²) in [6.45, 7) is 5.85. The van der Waals surface area contributed by atoms with Crippen LogP contribution in [-0.4, -0.2) is 5.91 Å². The normalized spacial score (nSPS) is 15.1. The third-order valence-corrected chi connectivity index (χ3v) is 4.87. The highest BCUT2D eigenvalue weighted by Crippen LogP contribution is 2.26. The first-order valence-electron chi connectivity index (χ1n) is 8.57. The summed E-state index contributed by atoms with van der Waals surface area (Å²) in [4.78, 5) is 12.6. The number of nitrogens with one attached hydrogen (secondary N) is 1. The molecule has 0 fully saturated rings. The summed E-state index contributed by atoms with van der Waals surface area (Å²) in [5.74, 6) is 0.638. The van der Waals surface area contributed by atoms with Gasteiger partial charge in [-0.15, -0.1) is 0 Å². The first-order chi connectivity index (χ1) is 11.1. The number of carbonyl (C=O) groups excluding carboxylic acids is 1. The fourth-order valence-corrected chi connectivity index (χ4v) is 3.53. The molecule has 1 unspecified atom stereocenters. The van der Waals surface area contributed by atoms with Gasteiger partial charge in [0.25, 0.3) is 5.91 Å². The highest BCUT2D eigenvalue weighted by atomic mass is 16.3. The van der Waals surface area contributed by atoms with Crippen LogP contribution in [0.4, 0.5) is 0 Å². The van der Waals surface area contributed by atoms with Crippen LogP contribution in [0.1, 0.15) is 70.6 Å². The second-order valence-corrected chi connectivity index (χ2v) is 6.52. The van der Waals surface area contributed by atoms with Crippen molar-refractivity contribution in [3.05, 3.63) is 58.0 Å². The number of benzene rings is 1. The van der Waals surface area contributed by atoms with E-state index >= 15 is 0 Å². The van der Waals surface area contributed by atoms with Crippen molar-refractivity contribution in [3.63, 3.8) is 0 Å². The molecule has 1 aromatic carbocycles. The average molecular weight is 311 g/mol. The minimum Gasteiger partial charge on any atom is -0.469 e. The van der Waals surface area contributed by atoms with Gasteiger partial charge in [0.1, 0.15) is 5.76 Å². The minimum atomic E-state index is -0.0432. The molecule has 1 atom stereocenters. The molecule has 0 bridgehead atoms. The van der Waals surface area contributed by atoms with Gasteiger partial charge in [0.2, 0.25) is 0 Å². The molecule has 1 aliphatic carbocycles. The minimum absolute atomic E-state index is 0.0432. The van der Waals surface area contributed by atoms with Crippen molar-refractivity contribution in [1.82, 2.24) is 5.32 Å². The Bertz CT molecular complexity index is 695. The number of hydrogen-bond acceptors (Lipinski definition) is 2. The first-order valence-corrected chi connectivity index (χ1v) is 8.57. The zero-order valence-electron chi connectivity index (χ0n) is 14.2. The molecule has 23 heavy (non-hydrogen) atoms. The van der Waals surface area contributed by atoms with E-state index in [0.717, 1.165) is 18.4 Å². The van der Waals surface area contributed by atoms with Crippen LogP contribution in [0.5, 0.6) is 0 Å². The zero-order chi connectivity index (χ0) is 16.4. The number of amides is 1. The fourth-order valence-electron chi connectivity index (χ4n) is 3.53. The Balaban J connectivity index is 1.81. The van der Waals surface area contributed by atoms with Gasteiger partial charge >= 0.3 is 0 Å². The standard InChI is InChI=1S/C20H25NO2/c1-4-18(21-20(22)19-13(2)12-23-14(19)3)17-10-9-15-7-5-6-8-16(15)11-17/h9-12,18H,4-8H2,1-3H3,(H,21,22). The van der Waals surface area contributed by atoms with Crippen molar-refractivity contribution in [2.75, 3.05) is 0 Å². The summed E-state index contributed by atoms with van der Waals surface area (Å²) < 4.78 is 5.35. The molecule has 0 saturated heterocycles. The van der Waals surface area contributed by atoms with Crippen molar-refractivity contribution in [2.24, 2.45) is 0 Å². The van der Waals surface area contributed by atoms with Crippen LogP contribution < -0.4 is 5.32 Å². The molecule has 0 aliphatic heterocycles.